The summed E-state index contributed by atoms with van der Waals surface area (Å²) in [5, 5.41) is 3.22. The summed E-state index contributed by atoms with van der Waals surface area (Å²) in [6.45, 7) is 3.38. The third-order valence-electron chi connectivity index (χ3n) is 5.84. The molecule has 154 valence electrons. The lowest BCUT2D eigenvalue weighted by molar-refractivity contribution is -0.136. The highest BCUT2D eigenvalue weighted by molar-refractivity contribution is 5.98. The van der Waals surface area contributed by atoms with Crippen LogP contribution in [0.1, 0.15) is 36.0 Å². The van der Waals surface area contributed by atoms with Gasteiger partial charge in [0, 0.05) is 25.2 Å². The van der Waals surface area contributed by atoms with Crippen molar-refractivity contribution >= 4 is 24.2 Å². The predicted octanol–water partition coefficient (Wildman–Crippen LogP) is 1.90. The SMILES string of the molecule is CNCC1CCN(C(=O)C2CCCN2C(=O)c2ccc3c(c2)OCO3)CC1.Cl. The molecule has 2 amide bonds. The fourth-order valence-electron chi connectivity index (χ4n) is 4.32. The standard InChI is InChI=1S/C20H27N3O4.ClH/c1-21-12-14-6-9-22(10-7-14)20(25)16-3-2-8-23(16)19(24)15-4-5-17-18(11-15)27-13-26-17;/h4-5,11,14,16,21H,2-3,6-10,12-13H2,1H3;1H. The summed E-state index contributed by atoms with van der Waals surface area (Å²) in [4.78, 5) is 29.8. The maximum Gasteiger partial charge on any atom is 0.254 e. The molecule has 3 aliphatic heterocycles. The number of fused-ring (bicyclic) bond motifs is 1. The minimum Gasteiger partial charge on any atom is -0.454 e. The van der Waals surface area contributed by atoms with Crippen LogP contribution in [-0.2, 0) is 4.79 Å². The summed E-state index contributed by atoms with van der Waals surface area (Å²) >= 11 is 0. The molecule has 1 N–H and O–H groups in total. The van der Waals surface area contributed by atoms with Crippen LogP contribution in [0.25, 0.3) is 0 Å². The highest BCUT2D eigenvalue weighted by Crippen LogP contribution is 2.33. The number of nitrogens with one attached hydrogen (secondary N) is 1. The Morgan fingerprint density at radius 3 is 2.61 bits per heavy atom. The minimum absolute atomic E-state index is 0. The smallest absolute Gasteiger partial charge is 0.254 e. The highest BCUT2D eigenvalue weighted by Gasteiger charge is 2.38. The number of ether oxygens (including phenoxy) is 2. The van der Waals surface area contributed by atoms with Gasteiger partial charge in [0.25, 0.3) is 5.91 Å². The highest BCUT2D eigenvalue weighted by atomic mass is 35.5. The van der Waals surface area contributed by atoms with Crippen LogP contribution < -0.4 is 14.8 Å². The summed E-state index contributed by atoms with van der Waals surface area (Å²) in [6.07, 6.45) is 3.65. The Kier molecular flexibility index (Phi) is 6.67. The molecule has 4 rings (SSSR count). The maximum absolute atomic E-state index is 13.1. The fraction of sp³-hybridized carbons (Fsp3) is 0.600. The Labute approximate surface area is 171 Å². The topological polar surface area (TPSA) is 71.1 Å². The molecular formula is C20H28ClN3O4. The second-order valence-corrected chi connectivity index (χ2v) is 7.55. The Balaban J connectivity index is 0.00000225. The number of piperidine rings is 1. The van der Waals surface area contributed by atoms with Gasteiger partial charge in [0.2, 0.25) is 12.7 Å². The summed E-state index contributed by atoms with van der Waals surface area (Å²) in [5.41, 5.74) is 0.548. The molecule has 1 aromatic carbocycles. The van der Waals surface area contributed by atoms with Crippen LogP contribution in [0.4, 0.5) is 0 Å². The van der Waals surface area contributed by atoms with E-state index < -0.39 is 0 Å². The van der Waals surface area contributed by atoms with E-state index in [4.69, 9.17) is 9.47 Å². The number of carbonyl (C=O) groups is 2. The van der Waals surface area contributed by atoms with Crippen LogP contribution in [0.5, 0.6) is 11.5 Å². The molecule has 28 heavy (non-hydrogen) atoms. The quantitative estimate of drug-likeness (QED) is 0.822. The Hall–Kier alpha value is -1.99. The normalized spacial score (nSPS) is 21.5. The number of benzene rings is 1. The van der Waals surface area contributed by atoms with E-state index in [-0.39, 0.29) is 37.1 Å². The molecule has 1 aromatic rings. The molecule has 8 heteroatoms. The lowest BCUT2D eigenvalue weighted by atomic mass is 9.96. The lowest BCUT2D eigenvalue weighted by Crippen LogP contribution is -2.50. The van der Waals surface area contributed by atoms with Crippen molar-refractivity contribution in [2.75, 3.05) is 40.0 Å². The van der Waals surface area contributed by atoms with Gasteiger partial charge in [-0.3, -0.25) is 9.59 Å². The zero-order valence-corrected chi connectivity index (χ0v) is 17.0. The van der Waals surface area contributed by atoms with Gasteiger partial charge >= 0.3 is 0 Å². The largest absolute Gasteiger partial charge is 0.454 e. The van der Waals surface area contributed by atoms with Crippen LogP contribution in [0.2, 0.25) is 0 Å². The number of halogens is 1. The van der Waals surface area contributed by atoms with Crippen molar-refractivity contribution < 1.29 is 19.1 Å². The van der Waals surface area contributed by atoms with E-state index in [9.17, 15) is 9.59 Å². The number of hydrogen-bond acceptors (Lipinski definition) is 5. The van der Waals surface area contributed by atoms with Crippen LogP contribution in [0, 0.1) is 5.92 Å². The van der Waals surface area contributed by atoms with Gasteiger partial charge in [0.1, 0.15) is 6.04 Å². The Bertz CT molecular complexity index is 721. The molecule has 3 aliphatic rings. The number of likely N-dealkylation sites (tertiary alicyclic amines) is 2. The van der Waals surface area contributed by atoms with Gasteiger partial charge in [0.15, 0.2) is 11.5 Å². The van der Waals surface area contributed by atoms with Crippen molar-refractivity contribution in [2.24, 2.45) is 5.92 Å². The van der Waals surface area contributed by atoms with Crippen LogP contribution in [0.3, 0.4) is 0 Å². The van der Waals surface area contributed by atoms with Crippen LogP contribution in [-0.4, -0.2) is 67.7 Å². The van der Waals surface area contributed by atoms with Crippen LogP contribution in [0.15, 0.2) is 18.2 Å². The first kappa shape index (κ1) is 20.7. The van der Waals surface area contributed by atoms with Gasteiger partial charge in [-0.2, -0.15) is 0 Å². The van der Waals surface area contributed by atoms with Gasteiger partial charge in [-0.15, -0.1) is 12.4 Å². The van der Waals surface area contributed by atoms with Gasteiger partial charge in [-0.05, 0) is 63.4 Å². The molecule has 0 aromatic heterocycles. The van der Waals surface area contributed by atoms with Crippen molar-refractivity contribution in [3.05, 3.63) is 23.8 Å². The molecule has 2 saturated heterocycles. The number of nitrogens with zero attached hydrogens (tertiary/aromatic N) is 2. The first-order valence-electron chi connectivity index (χ1n) is 9.81. The molecule has 0 bridgehead atoms. The van der Waals surface area contributed by atoms with Crippen molar-refractivity contribution in [1.29, 1.82) is 0 Å². The van der Waals surface area contributed by atoms with E-state index >= 15 is 0 Å². The van der Waals surface area contributed by atoms with Gasteiger partial charge in [-0.25, -0.2) is 0 Å². The average molecular weight is 410 g/mol. The van der Waals surface area contributed by atoms with Gasteiger partial charge in [-0.1, -0.05) is 0 Å². The molecule has 7 nitrogen and oxygen atoms in total. The van der Waals surface area contributed by atoms with Gasteiger partial charge in [0.05, 0.1) is 0 Å². The molecule has 0 spiro atoms. The molecule has 2 fully saturated rings. The van der Waals surface area contributed by atoms with Crippen molar-refractivity contribution in [2.45, 2.75) is 31.7 Å². The second kappa shape index (κ2) is 9.01. The summed E-state index contributed by atoms with van der Waals surface area (Å²) in [6, 6.07) is 4.88. The van der Waals surface area contributed by atoms with E-state index in [1.807, 2.05) is 11.9 Å². The summed E-state index contributed by atoms with van der Waals surface area (Å²) in [5.74, 6) is 1.88. The zero-order valence-electron chi connectivity index (χ0n) is 16.2. The molecule has 0 radical (unpaired) electrons. The molecular weight excluding hydrogens is 382 g/mol. The predicted molar refractivity (Wildman–Crippen MR) is 107 cm³/mol. The van der Waals surface area contributed by atoms with E-state index in [1.54, 1.807) is 23.1 Å². The lowest BCUT2D eigenvalue weighted by Gasteiger charge is -2.35. The first-order valence-corrected chi connectivity index (χ1v) is 9.81. The van der Waals surface area contributed by atoms with Crippen molar-refractivity contribution in [3.63, 3.8) is 0 Å². The molecule has 3 heterocycles. The third kappa shape index (κ3) is 4.05. The van der Waals surface area contributed by atoms with Crippen LogP contribution >= 0.6 is 12.4 Å². The average Bonchev–Trinajstić information content (AvgIpc) is 3.36. The summed E-state index contributed by atoms with van der Waals surface area (Å²) < 4.78 is 10.7. The maximum atomic E-state index is 13.1. The monoisotopic (exact) mass is 409 g/mol. The van der Waals surface area contributed by atoms with E-state index in [0.29, 0.717) is 29.5 Å². The molecule has 1 unspecified atom stereocenters. The Morgan fingerprint density at radius 2 is 1.86 bits per heavy atom. The molecule has 0 aliphatic carbocycles. The first-order chi connectivity index (χ1) is 13.2. The molecule has 0 saturated carbocycles. The van der Waals surface area contributed by atoms with E-state index in [0.717, 1.165) is 45.3 Å². The minimum atomic E-state index is -0.344. The van der Waals surface area contributed by atoms with Crippen molar-refractivity contribution in [1.82, 2.24) is 15.1 Å². The second-order valence-electron chi connectivity index (χ2n) is 7.55. The number of carbonyl (C=O) groups excluding carboxylic acids is 2. The van der Waals surface area contributed by atoms with Gasteiger partial charge < -0.3 is 24.6 Å². The number of hydrogen-bond donors (Lipinski definition) is 1. The number of rotatable bonds is 4. The number of amides is 2. The Morgan fingerprint density at radius 1 is 1.11 bits per heavy atom. The fourth-order valence-corrected chi connectivity index (χ4v) is 4.32. The molecule has 1 atom stereocenters. The van der Waals surface area contributed by atoms with E-state index in [1.165, 1.54) is 0 Å². The summed E-state index contributed by atoms with van der Waals surface area (Å²) in [7, 11) is 1.97. The van der Waals surface area contributed by atoms with E-state index in [2.05, 4.69) is 5.32 Å². The third-order valence-corrected chi connectivity index (χ3v) is 5.84. The zero-order chi connectivity index (χ0) is 18.8. The van der Waals surface area contributed by atoms with Crippen molar-refractivity contribution in [3.8, 4) is 11.5 Å².